The first-order chi connectivity index (χ1) is 11.5. The first-order valence-electron chi connectivity index (χ1n) is 7.41. The van der Waals surface area contributed by atoms with Crippen molar-refractivity contribution in [2.45, 2.75) is 20.0 Å². The molecule has 130 valence electrons. The summed E-state index contributed by atoms with van der Waals surface area (Å²) >= 11 is 0. The topological polar surface area (TPSA) is 84.2 Å². The van der Waals surface area contributed by atoms with Crippen molar-refractivity contribution < 1.29 is 33.0 Å². The summed E-state index contributed by atoms with van der Waals surface area (Å²) in [6, 6.07) is 4.97. The molecule has 1 heterocycles. The minimum absolute atomic E-state index is 0.150. The Morgan fingerprint density at radius 3 is 2.62 bits per heavy atom. The molecule has 0 N–H and O–H groups in total. The second-order valence-corrected chi connectivity index (χ2v) is 5.10. The lowest BCUT2D eigenvalue weighted by Crippen LogP contribution is -2.24. The van der Waals surface area contributed by atoms with E-state index in [1.807, 2.05) is 0 Å². The highest BCUT2D eigenvalue weighted by Gasteiger charge is 2.21. The van der Waals surface area contributed by atoms with Crippen LogP contribution in [0.1, 0.15) is 23.0 Å². The van der Waals surface area contributed by atoms with Crippen LogP contribution in [0.3, 0.4) is 0 Å². The highest BCUT2D eigenvalue weighted by Crippen LogP contribution is 2.30. The van der Waals surface area contributed by atoms with Crippen molar-refractivity contribution in [2.24, 2.45) is 0 Å². The molecular weight excluding hydrogens is 316 g/mol. The van der Waals surface area contributed by atoms with E-state index in [1.54, 1.807) is 32.0 Å². The van der Waals surface area contributed by atoms with E-state index < -0.39 is 18.0 Å². The summed E-state index contributed by atoms with van der Waals surface area (Å²) < 4.78 is 25.7. The SMILES string of the molecule is COCCOC(=O)c1c(C)oc2ccc(O[C@H](C)C(=O)OC)cc12. The third-order valence-electron chi connectivity index (χ3n) is 3.41. The summed E-state index contributed by atoms with van der Waals surface area (Å²) in [5.74, 6) is -0.114. The molecule has 0 saturated carbocycles. The van der Waals surface area contributed by atoms with Crippen LogP contribution in [0.25, 0.3) is 11.0 Å². The smallest absolute Gasteiger partial charge is 0.346 e. The Bertz CT molecular complexity index is 732. The van der Waals surface area contributed by atoms with Gasteiger partial charge in [-0.15, -0.1) is 0 Å². The zero-order valence-electron chi connectivity index (χ0n) is 14.1. The number of fused-ring (bicyclic) bond motifs is 1. The molecule has 0 bridgehead atoms. The monoisotopic (exact) mass is 336 g/mol. The van der Waals surface area contributed by atoms with Crippen molar-refractivity contribution in [1.82, 2.24) is 0 Å². The van der Waals surface area contributed by atoms with Crippen molar-refractivity contribution in [2.75, 3.05) is 27.4 Å². The summed E-state index contributed by atoms with van der Waals surface area (Å²) in [5.41, 5.74) is 0.863. The molecule has 0 amide bonds. The molecule has 0 fully saturated rings. The van der Waals surface area contributed by atoms with Crippen LogP contribution in [-0.4, -0.2) is 45.5 Å². The molecule has 0 aliphatic rings. The van der Waals surface area contributed by atoms with Crippen LogP contribution in [0.5, 0.6) is 5.75 Å². The average molecular weight is 336 g/mol. The zero-order chi connectivity index (χ0) is 17.7. The van der Waals surface area contributed by atoms with Crippen LogP contribution in [-0.2, 0) is 19.0 Å². The van der Waals surface area contributed by atoms with Gasteiger partial charge in [-0.25, -0.2) is 9.59 Å². The number of benzene rings is 1. The summed E-state index contributed by atoms with van der Waals surface area (Å²) in [7, 11) is 2.82. The minimum Gasteiger partial charge on any atom is -0.479 e. The number of ether oxygens (including phenoxy) is 4. The van der Waals surface area contributed by atoms with Gasteiger partial charge in [-0.3, -0.25) is 0 Å². The number of aryl methyl sites for hydroxylation is 1. The molecule has 0 unspecified atom stereocenters. The highest BCUT2D eigenvalue weighted by atomic mass is 16.6. The van der Waals surface area contributed by atoms with E-state index in [2.05, 4.69) is 4.74 Å². The van der Waals surface area contributed by atoms with E-state index in [1.165, 1.54) is 14.2 Å². The number of carbonyl (C=O) groups excluding carboxylic acids is 2. The number of hydrogen-bond donors (Lipinski definition) is 0. The Labute approximate surface area is 139 Å². The molecular formula is C17H20O7. The van der Waals surface area contributed by atoms with Gasteiger partial charge in [0.25, 0.3) is 0 Å². The Morgan fingerprint density at radius 1 is 1.21 bits per heavy atom. The summed E-state index contributed by atoms with van der Waals surface area (Å²) in [5, 5.41) is 0.560. The van der Waals surface area contributed by atoms with E-state index in [9.17, 15) is 9.59 Å². The fraction of sp³-hybridized carbons (Fsp3) is 0.412. The van der Waals surface area contributed by atoms with Crippen LogP contribution in [0.2, 0.25) is 0 Å². The van der Waals surface area contributed by atoms with Crippen molar-refractivity contribution in [3.8, 4) is 5.75 Å². The van der Waals surface area contributed by atoms with Gasteiger partial charge in [0, 0.05) is 12.5 Å². The molecule has 0 aliphatic carbocycles. The molecule has 7 heteroatoms. The summed E-state index contributed by atoms with van der Waals surface area (Å²) in [4.78, 5) is 23.7. The van der Waals surface area contributed by atoms with Crippen LogP contribution in [0, 0.1) is 6.92 Å². The lowest BCUT2D eigenvalue weighted by atomic mass is 10.1. The quantitative estimate of drug-likeness (QED) is 0.567. The molecule has 1 aromatic heterocycles. The standard InChI is InChI=1S/C17H20O7/c1-10-15(17(19)22-8-7-20-3)13-9-12(5-6-14(13)24-10)23-11(2)16(18)21-4/h5-6,9,11H,7-8H2,1-4H3/t11-/m1/s1. The van der Waals surface area contributed by atoms with Crippen molar-refractivity contribution in [3.63, 3.8) is 0 Å². The van der Waals surface area contributed by atoms with Gasteiger partial charge in [-0.05, 0) is 32.0 Å². The van der Waals surface area contributed by atoms with Gasteiger partial charge in [0.1, 0.15) is 29.3 Å². The summed E-state index contributed by atoms with van der Waals surface area (Å²) in [6.45, 7) is 3.73. The maximum atomic E-state index is 12.3. The van der Waals surface area contributed by atoms with Gasteiger partial charge in [-0.2, -0.15) is 0 Å². The number of hydrogen-bond acceptors (Lipinski definition) is 7. The second-order valence-electron chi connectivity index (χ2n) is 5.10. The summed E-state index contributed by atoms with van der Waals surface area (Å²) in [6.07, 6.45) is -0.766. The number of furan rings is 1. The largest absolute Gasteiger partial charge is 0.479 e. The first-order valence-corrected chi connectivity index (χ1v) is 7.41. The van der Waals surface area contributed by atoms with Gasteiger partial charge < -0.3 is 23.4 Å². The fourth-order valence-electron chi connectivity index (χ4n) is 2.23. The van der Waals surface area contributed by atoms with E-state index >= 15 is 0 Å². The van der Waals surface area contributed by atoms with E-state index in [-0.39, 0.29) is 6.61 Å². The number of rotatable bonds is 7. The predicted octanol–water partition coefficient (Wildman–Crippen LogP) is 2.48. The molecule has 0 spiro atoms. The Balaban J connectivity index is 2.28. The Kier molecular flexibility index (Phi) is 5.81. The van der Waals surface area contributed by atoms with Crippen molar-refractivity contribution in [1.29, 1.82) is 0 Å². The van der Waals surface area contributed by atoms with Gasteiger partial charge in [0.2, 0.25) is 0 Å². The Hall–Kier alpha value is -2.54. The molecule has 7 nitrogen and oxygen atoms in total. The average Bonchev–Trinajstić information content (AvgIpc) is 2.89. The van der Waals surface area contributed by atoms with Gasteiger partial charge in [0.15, 0.2) is 6.10 Å². The van der Waals surface area contributed by atoms with Gasteiger partial charge in [-0.1, -0.05) is 0 Å². The predicted molar refractivity (Wildman–Crippen MR) is 85.2 cm³/mol. The minimum atomic E-state index is -0.766. The molecule has 0 radical (unpaired) electrons. The van der Waals surface area contributed by atoms with E-state index in [4.69, 9.17) is 18.6 Å². The first kappa shape index (κ1) is 17.8. The maximum absolute atomic E-state index is 12.3. The zero-order valence-corrected chi connectivity index (χ0v) is 14.1. The Morgan fingerprint density at radius 2 is 1.96 bits per heavy atom. The van der Waals surface area contributed by atoms with Crippen LogP contribution in [0.4, 0.5) is 0 Å². The molecule has 24 heavy (non-hydrogen) atoms. The van der Waals surface area contributed by atoms with Crippen LogP contribution < -0.4 is 4.74 Å². The van der Waals surface area contributed by atoms with Gasteiger partial charge >= 0.3 is 11.9 Å². The number of esters is 2. The lowest BCUT2D eigenvalue weighted by molar-refractivity contribution is -0.147. The number of carbonyl (C=O) groups is 2. The molecule has 1 aromatic carbocycles. The maximum Gasteiger partial charge on any atom is 0.346 e. The van der Waals surface area contributed by atoms with E-state index in [0.29, 0.717) is 34.6 Å². The van der Waals surface area contributed by atoms with Crippen molar-refractivity contribution >= 4 is 22.9 Å². The normalized spacial score (nSPS) is 12.0. The van der Waals surface area contributed by atoms with Crippen LogP contribution in [0.15, 0.2) is 22.6 Å². The highest BCUT2D eigenvalue weighted by molar-refractivity contribution is 6.04. The third-order valence-corrected chi connectivity index (χ3v) is 3.41. The van der Waals surface area contributed by atoms with Crippen LogP contribution >= 0.6 is 0 Å². The molecule has 0 aliphatic heterocycles. The van der Waals surface area contributed by atoms with Crippen molar-refractivity contribution in [3.05, 3.63) is 29.5 Å². The third kappa shape index (κ3) is 3.86. The molecule has 0 saturated heterocycles. The van der Waals surface area contributed by atoms with Gasteiger partial charge in [0.05, 0.1) is 13.7 Å². The molecule has 2 aromatic rings. The second kappa shape index (κ2) is 7.83. The number of methoxy groups -OCH3 is 2. The van der Waals surface area contributed by atoms with E-state index in [0.717, 1.165) is 0 Å². The fourth-order valence-corrected chi connectivity index (χ4v) is 2.23. The molecule has 2 rings (SSSR count). The lowest BCUT2D eigenvalue weighted by Gasteiger charge is -2.12. The molecule has 1 atom stereocenters.